The molecule has 1 aliphatic rings. The summed E-state index contributed by atoms with van der Waals surface area (Å²) in [7, 11) is 1.68. The minimum absolute atomic E-state index is 0.0620. The van der Waals surface area contributed by atoms with Crippen LogP contribution in [0.1, 0.15) is 45.4 Å². The maximum Gasteiger partial charge on any atom is 0.223 e. The van der Waals surface area contributed by atoms with Crippen molar-refractivity contribution in [1.82, 2.24) is 5.32 Å². The van der Waals surface area contributed by atoms with Crippen LogP contribution in [0.4, 0.5) is 0 Å². The van der Waals surface area contributed by atoms with Crippen molar-refractivity contribution in [2.24, 2.45) is 0 Å². The van der Waals surface area contributed by atoms with E-state index in [0.717, 1.165) is 32.1 Å². The van der Waals surface area contributed by atoms with Crippen molar-refractivity contribution >= 4 is 5.91 Å². The molecule has 1 atom stereocenters. The SMILES string of the molecule is COC1(CC(=O)NC(C)CCCO)CCC1. The highest BCUT2D eigenvalue weighted by Crippen LogP contribution is 2.37. The lowest BCUT2D eigenvalue weighted by atomic mass is 9.77. The van der Waals surface area contributed by atoms with Gasteiger partial charge in [-0.2, -0.15) is 0 Å². The van der Waals surface area contributed by atoms with Gasteiger partial charge in [-0.15, -0.1) is 0 Å². The molecule has 4 heteroatoms. The summed E-state index contributed by atoms with van der Waals surface area (Å²) in [5.41, 5.74) is -0.194. The molecular formula is C12H23NO3. The van der Waals surface area contributed by atoms with Crippen molar-refractivity contribution in [3.05, 3.63) is 0 Å². The van der Waals surface area contributed by atoms with Gasteiger partial charge in [0.25, 0.3) is 0 Å². The van der Waals surface area contributed by atoms with Crippen LogP contribution in [0.15, 0.2) is 0 Å². The molecule has 0 spiro atoms. The number of carbonyl (C=O) groups excluding carboxylic acids is 1. The monoisotopic (exact) mass is 229 g/mol. The third kappa shape index (κ3) is 3.76. The Bertz CT molecular complexity index is 221. The first-order valence-corrected chi connectivity index (χ1v) is 6.07. The number of rotatable bonds is 7. The standard InChI is InChI=1S/C12H23NO3/c1-10(5-3-8-14)13-11(15)9-12(16-2)6-4-7-12/h10,14H,3-9H2,1-2H3,(H,13,15). The number of carbonyl (C=O) groups is 1. The number of hydrogen-bond acceptors (Lipinski definition) is 3. The fourth-order valence-corrected chi connectivity index (χ4v) is 2.11. The Balaban J connectivity index is 2.24. The Kier molecular flexibility index (Phi) is 5.22. The van der Waals surface area contributed by atoms with E-state index in [-0.39, 0.29) is 24.2 Å². The van der Waals surface area contributed by atoms with E-state index in [0.29, 0.717) is 6.42 Å². The number of hydrogen-bond donors (Lipinski definition) is 2. The highest BCUT2D eigenvalue weighted by molar-refractivity contribution is 5.77. The highest BCUT2D eigenvalue weighted by Gasteiger charge is 2.39. The smallest absolute Gasteiger partial charge is 0.223 e. The molecule has 2 N–H and O–H groups in total. The van der Waals surface area contributed by atoms with Gasteiger partial charge in [0, 0.05) is 19.8 Å². The third-order valence-corrected chi connectivity index (χ3v) is 3.38. The Morgan fingerprint density at radius 1 is 1.56 bits per heavy atom. The van der Waals surface area contributed by atoms with Crippen molar-refractivity contribution < 1.29 is 14.6 Å². The van der Waals surface area contributed by atoms with Gasteiger partial charge in [-0.05, 0) is 39.0 Å². The predicted octanol–water partition coefficient (Wildman–Crippen LogP) is 1.22. The Hall–Kier alpha value is -0.610. The van der Waals surface area contributed by atoms with Crippen LogP contribution in [0.25, 0.3) is 0 Å². The fraction of sp³-hybridized carbons (Fsp3) is 0.917. The summed E-state index contributed by atoms with van der Waals surface area (Å²) in [6.45, 7) is 2.15. The van der Waals surface area contributed by atoms with E-state index in [1.807, 2.05) is 6.92 Å². The third-order valence-electron chi connectivity index (χ3n) is 3.38. The zero-order valence-corrected chi connectivity index (χ0v) is 10.3. The number of nitrogens with one attached hydrogen (secondary N) is 1. The molecule has 0 aromatic carbocycles. The van der Waals surface area contributed by atoms with E-state index in [4.69, 9.17) is 9.84 Å². The second kappa shape index (κ2) is 6.21. The summed E-state index contributed by atoms with van der Waals surface area (Å²) in [5, 5.41) is 11.6. The van der Waals surface area contributed by atoms with Crippen molar-refractivity contribution in [1.29, 1.82) is 0 Å². The van der Waals surface area contributed by atoms with Gasteiger partial charge in [0.2, 0.25) is 5.91 Å². The highest BCUT2D eigenvalue weighted by atomic mass is 16.5. The molecule has 94 valence electrons. The molecule has 1 unspecified atom stereocenters. The minimum atomic E-state index is -0.194. The van der Waals surface area contributed by atoms with E-state index < -0.39 is 0 Å². The summed E-state index contributed by atoms with van der Waals surface area (Å²) < 4.78 is 5.41. The molecule has 0 aliphatic heterocycles. The summed E-state index contributed by atoms with van der Waals surface area (Å²) in [5.74, 6) is 0.0620. The maximum atomic E-state index is 11.7. The van der Waals surface area contributed by atoms with Crippen LogP contribution >= 0.6 is 0 Å². The molecule has 1 rings (SSSR count). The van der Waals surface area contributed by atoms with Gasteiger partial charge in [-0.3, -0.25) is 4.79 Å². The minimum Gasteiger partial charge on any atom is -0.396 e. The fourth-order valence-electron chi connectivity index (χ4n) is 2.11. The Morgan fingerprint density at radius 3 is 2.69 bits per heavy atom. The van der Waals surface area contributed by atoms with Gasteiger partial charge in [-0.25, -0.2) is 0 Å². The summed E-state index contributed by atoms with van der Waals surface area (Å²) in [6, 6.07) is 0.133. The van der Waals surface area contributed by atoms with E-state index in [2.05, 4.69) is 5.32 Å². The molecule has 0 saturated heterocycles. The molecule has 0 aromatic rings. The molecule has 16 heavy (non-hydrogen) atoms. The maximum absolute atomic E-state index is 11.7. The lowest BCUT2D eigenvalue weighted by molar-refractivity contribution is -0.134. The molecule has 0 radical (unpaired) electrons. The van der Waals surface area contributed by atoms with E-state index in [1.165, 1.54) is 0 Å². The van der Waals surface area contributed by atoms with Crippen LogP contribution in [-0.2, 0) is 9.53 Å². The summed E-state index contributed by atoms with van der Waals surface area (Å²) in [6.07, 6.45) is 5.15. The molecule has 0 heterocycles. The Morgan fingerprint density at radius 2 is 2.25 bits per heavy atom. The molecule has 1 aliphatic carbocycles. The summed E-state index contributed by atoms with van der Waals surface area (Å²) in [4.78, 5) is 11.7. The first kappa shape index (κ1) is 13.5. The summed E-state index contributed by atoms with van der Waals surface area (Å²) >= 11 is 0. The lowest BCUT2D eigenvalue weighted by Crippen LogP contribution is -2.45. The van der Waals surface area contributed by atoms with Crippen LogP contribution in [0.2, 0.25) is 0 Å². The van der Waals surface area contributed by atoms with Gasteiger partial charge >= 0.3 is 0 Å². The van der Waals surface area contributed by atoms with Gasteiger partial charge in [0.15, 0.2) is 0 Å². The van der Waals surface area contributed by atoms with E-state index in [1.54, 1.807) is 7.11 Å². The normalized spacial score (nSPS) is 19.9. The van der Waals surface area contributed by atoms with Crippen molar-refractivity contribution in [3.63, 3.8) is 0 Å². The van der Waals surface area contributed by atoms with Gasteiger partial charge in [0.05, 0.1) is 12.0 Å². The zero-order chi connectivity index (χ0) is 12.0. The number of methoxy groups -OCH3 is 1. The topological polar surface area (TPSA) is 58.6 Å². The van der Waals surface area contributed by atoms with Crippen LogP contribution < -0.4 is 5.32 Å². The molecule has 0 bridgehead atoms. The van der Waals surface area contributed by atoms with Gasteiger partial charge in [0.1, 0.15) is 0 Å². The molecule has 1 saturated carbocycles. The number of aliphatic hydroxyl groups is 1. The molecule has 4 nitrogen and oxygen atoms in total. The molecular weight excluding hydrogens is 206 g/mol. The number of amides is 1. The quantitative estimate of drug-likeness (QED) is 0.690. The second-order valence-electron chi connectivity index (χ2n) is 4.75. The average Bonchev–Trinajstić information content (AvgIpc) is 2.20. The van der Waals surface area contributed by atoms with Crippen LogP contribution in [0, 0.1) is 0 Å². The Labute approximate surface area is 97.4 Å². The molecule has 1 fully saturated rings. The first-order chi connectivity index (χ1) is 7.62. The van der Waals surface area contributed by atoms with Gasteiger partial charge < -0.3 is 15.2 Å². The molecule has 1 amide bonds. The zero-order valence-electron chi connectivity index (χ0n) is 10.3. The van der Waals surface area contributed by atoms with Crippen molar-refractivity contribution in [3.8, 4) is 0 Å². The van der Waals surface area contributed by atoms with Crippen molar-refractivity contribution in [2.75, 3.05) is 13.7 Å². The average molecular weight is 229 g/mol. The number of aliphatic hydroxyl groups excluding tert-OH is 1. The van der Waals surface area contributed by atoms with Crippen LogP contribution in [0.5, 0.6) is 0 Å². The van der Waals surface area contributed by atoms with Crippen LogP contribution in [-0.4, -0.2) is 36.4 Å². The first-order valence-electron chi connectivity index (χ1n) is 6.07. The van der Waals surface area contributed by atoms with Crippen molar-refractivity contribution in [2.45, 2.75) is 57.1 Å². The second-order valence-corrected chi connectivity index (χ2v) is 4.75. The van der Waals surface area contributed by atoms with Crippen LogP contribution in [0.3, 0.4) is 0 Å². The number of ether oxygens (including phenoxy) is 1. The van der Waals surface area contributed by atoms with E-state index in [9.17, 15) is 4.79 Å². The predicted molar refractivity (Wildman–Crippen MR) is 62.1 cm³/mol. The van der Waals surface area contributed by atoms with E-state index >= 15 is 0 Å². The molecule has 0 aromatic heterocycles. The largest absolute Gasteiger partial charge is 0.396 e. The lowest BCUT2D eigenvalue weighted by Gasteiger charge is -2.40. The van der Waals surface area contributed by atoms with Gasteiger partial charge in [-0.1, -0.05) is 0 Å².